The predicted octanol–water partition coefficient (Wildman–Crippen LogP) is 2.64. The Kier molecular flexibility index (Phi) is 3.42. The molecule has 2 aromatic carbocycles. The topological polar surface area (TPSA) is 92.4 Å². The Morgan fingerprint density at radius 2 is 1.86 bits per heavy atom. The van der Waals surface area contributed by atoms with Crippen LogP contribution in [0.2, 0.25) is 0 Å². The molecular formula is C17H11N3O2. The third kappa shape index (κ3) is 2.58. The normalized spacial score (nSPS) is 11.3. The van der Waals surface area contributed by atoms with Gasteiger partial charge in [-0.3, -0.25) is 4.79 Å². The zero-order valence-corrected chi connectivity index (χ0v) is 11.5. The third-order valence-corrected chi connectivity index (χ3v) is 3.15. The van der Waals surface area contributed by atoms with Gasteiger partial charge < -0.3 is 10.2 Å². The Hall–Kier alpha value is -3.39. The maximum absolute atomic E-state index is 11.6. The fraction of sp³-hybridized carbons (Fsp3) is 0. The monoisotopic (exact) mass is 289 g/mol. The highest BCUT2D eigenvalue weighted by atomic mass is 16.3. The fourth-order valence-electron chi connectivity index (χ4n) is 2.06. The molecule has 5 heteroatoms. The number of fused-ring (bicyclic) bond motifs is 1. The molecule has 0 aliphatic carbocycles. The molecule has 0 aliphatic heterocycles. The van der Waals surface area contributed by atoms with Crippen molar-refractivity contribution in [2.24, 2.45) is 10.7 Å². The summed E-state index contributed by atoms with van der Waals surface area (Å²) >= 11 is 0. The number of para-hydroxylation sites is 1. The molecule has 1 amide bonds. The van der Waals surface area contributed by atoms with Crippen molar-refractivity contribution in [3.8, 4) is 6.07 Å². The van der Waals surface area contributed by atoms with Crippen molar-refractivity contribution in [3.05, 3.63) is 71.3 Å². The quantitative estimate of drug-likeness (QED) is 0.786. The van der Waals surface area contributed by atoms with E-state index in [-0.39, 0.29) is 11.1 Å². The van der Waals surface area contributed by atoms with Crippen molar-refractivity contribution in [3.63, 3.8) is 0 Å². The van der Waals surface area contributed by atoms with Gasteiger partial charge in [-0.1, -0.05) is 18.2 Å². The lowest BCUT2D eigenvalue weighted by Crippen LogP contribution is -2.21. The van der Waals surface area contributed by atoms with Crippen LogP contribution >= 0.6 is 0 Å². The number of benzene rings is 2. The predicted molar refractivity (Wildman–Crippen MR) is 81.1 cm³/mol. The highest BCUT2D eigenvalue weighted by Crippen LogP contribution is 2.15. The molecule has 2 N–H and O–H groups in total. The largest absolute Gasteiger partial charge is 0.438 e. The van der Waals surface area contributed by atoms with Gasteiger partial charge in [-0.25, -0.2) is 4.99 Å². The second-order valence-corrected chi connectivity index (χ2v) is 4.64. The minimum absolute atomic E-state index is 0.149. The van der Waals surface area contributed by atoms with Gasteiger partial charge in [0.15, 0.2) is 0 Å². The average Bonchev–Trinajstić information content (AvgIpc) is 2.54. The van der Waals surface area contributed by atoms with Crippen LogP contribution in [-0.4, -0.2) is 5.91 Å². The van der Waals surface area contributed by atoms with Gasteiger partial charge in [0.2, 0.25) is 5.55 Å². The van der Waals surface area contributed by atoms with Crippen LogP contribution in [0.3, 0.4) is 0 Å². The van der Waals surface area contributed by atoms with E-state index in [4.69, 9.17) is 15.4 Å². The van der Waals surface area contributed by atoms with Gasteiger partial charge in [0.05, 0.1) is 17.3 Å². The SMILES string of the molecule is N#Cc1ccc(N=c2oc3ccccc3cc2C(N)=O)cc1. The number of nitrogens with two attached hydrogens (primary N) is 1. The summed E-state index contributed by atoms with van der Waals surface area (Å²) in [6, 6.07) is 17.6. The summed E-state index contributed by atoms with van der Waals surface area (Å²) in [6.07, 6.45) is 0. The van der Waals surface area contributed by atoms with E-state index in [2.05, 4.69) is 4.99 Å². The Labute approximate surface area is 125 Å². The van der Waals surface area contributed by atoms with E-state index in [1.54, 1.807) is 36.4 Å². The fourth-order valence-corrected chi connectivity index (χ4v) is 2.06. The number of carbonyl (C=O) groups excluding carboxylic acids is 1. The zero-order chi connectivity index (χ0) is 15.5. The summed E-state index contributed by atoms with van der Waals surface area (Å²) in [6.45, 7) is 0. The molecule has 0 atom stereocenters. The van der Waals surface area contributed by atoms with Crippen LogP contribution in [0.25, 0.3) is 11.0 Å². The number of primary amides is 1. The standard InChI is InChI=1S/C17H11N3O2/c18-10-11-5-7-13(8-6-11)20-17-14(16(19)21)9-12-3-1-2-4-15(12)22-17/h1-9H,(H2,19,21). The number of nitrogens with zero attached hydrogens (tertiary/aromatic N) is 2. The second kappa shape index (κ2) is 5.54. The van der Waals surface area contributed by atoms with E-state index in [1.165, 1.54) is 0 Å². The Morgan fingerprint density at radius 1 is 1.14 bits per heavy atom. The van der Waals surface area contributed by atoms with E-state index in [1.807, 2.05) is 24.3 Å². The maximum Gasteiger partial charge on any atom is 0.254 e. The lowest BCUT2D eigenvalue weighted by molar-refractivity contribution is 0.0996. The lowest BCUT2D eigenvalue weighted by atomic mass is 10.2. The van der Waals surface area contributed by atoms with Crippen LogP contribution in [0.4, 0.5) is 5.69 Å². The Morgan fingerprint density at radius 3 is 2.55 bits per heavy atom. The summed E-state index contributed by atoms with van der Waals surface area (Å²) in [4.78, 5) is 15.9. The van der Waals surface area contributed by atoms with Crippen molar-refractivity contribution in [2.75, 3.05) is 0 Å². The summed E-state index contributed by atoms with van der Waals surface area (Å²) < 4.78 is 5.68. The molecule has 0 unspecified atom stereocenters. The van der Waals surface area contributed by atoms with Crippen molar-refractivity contribution in [2.45, 2.75) is 0 Å². The number of rotatable bonds is 2. The highest BCUT2D eigenvalue weighted by molar-refractivity contribution is 5.95. The summed E-state index contributed by atoms with van der Waals surface area (Å²) in [5, 5.41) is 9.57. The number of carbonyl (C=O) groups is 1. The first kappa shape index (κ1) is 13.6. The number of hydrogen-bond acceptors (Lipinski definition) is 4. The molecule has 3 aromatic rings. The first-order chi connectivity index (χ1) is 10.7. The molecule has 0 saturated heterocycles. The molecule has 106 valence electrons. The Bertz CT molecular complexity index is 964. The van der Waals surface area contributed by atoms with Crippen LogP contribution in [0.1, 0.15) is 15.9 Å². The third-order valence-electron chi connectivity index (χ3n) is 3.15. The molecule has 3 rings (SSSR count). The van der Waals surface area contributed by atoms with Gasteiger partial charge in [0.25, 0.3) is 5.91 Å². The van der Waals surface area contributed by atoms with Crippen molar-refractivity contribution in [1.82, 2.24) is 0 Å². The van der Waals surface area contributed by atoms with Crippen LogP contribution in [0.15, 0.2) is 64.0 Å². The molecule has 1 aromatic heterocycles. The summed E-state index contributed by atoms with van der Waals surface area (Å²) in [5.41, 5.74) is 7.48. The number of amides is 1. The summed E-state index contributed by atoms with van der Waals surface area (Å²) in [7, 11) is 0. The Balaban J connectivity index is 2.23. The minimum atomic E-state index is -0.609. The van der Waals surface area contributed by atoms with Gasteiger partial charge >= 0.3 is 0 Å². The van der Waals surface area contributed by atoms with Gasteiger partial charge in [0.1, 0.15) is 11.1 Å². The van der Waals surface area contributed by atoms with Crippen LogP contribution in [0, 0.1) is 11.3 Å². The van der Waals surface area contributed by atoms with E-state index >= 15 is 0 Å². The van der Waals surface area contributed by atoms with Crippen molar-refractivity contribution in [1.29, 1.82) is 5.26 Å². The molecule has 0 fully saturated rings. The summed E-state index contributed by atoms with van der Waals surface area (Å²) in [5.74, 6) is -0.609. The highest BCUT2D eigenvalue weighted by Gasteiger charge is 2.09. The molecule has 22 heavy (non-hydrogen) atoms. The smallest absolute Gasteiger partial charge is 0.254 e. The molecule has 5 nitrogen and oxygen atoms in total. The van der Waals surface area contributed by atoms with Gasteiger partial charge in [-0.05, 0) is 36.4 Å². The van der Waals surface area contributed by atoms with Crippen LogP contribution in [0.5, 0.6) is 0 Å². The molecule has 0 saturated carbocycles. The first-order valence-electron chi connectivity index (χ1n) is 6.55. The molecule has 0 radical (unpaired) electrons. The molecule has 0 spiro atoms. The molecule has 0 aliphatic rings. The van der Waals surface area contributed by atoms with Crippen molar-refractivity contribution >= 4 is 22.6 Å². The molecule has 0 bridgehead atoms. The first-order valence-corrected chi connectivity index (χ1v) is 6.55. The second-order valence-electron chi connectivity index (χ2n) is 4.64. The lowest BCUT2D eigenvalue weighted by Gasteiger charge is -2.01. The van der Waals surface area contributed by atoms with E-state index in [0.29, 0.717) is 16.8 Å². The number of hydrogen-bond donors (Lipinski definition) is 1. The average molecular weight is 289 g/mol. The zero-order valence-electron chi connectivity index (χ0n) is 11.5. The van der Waals surface area contributed by atoms with Gasteiger partial charge in [-0.2, -0.15) is 5.26 Å². The van der Waals surface area contributed by atoms with Gasteiger partial charge in [-0.15, -0.1) is 0 Å². The van der Waals surface area contributed by atoms with E-state index in [0.717, 1.165) is 5.39 Å². The van der Waals surface area contributed by atoms with Crippen LogP contribution in [-0.2, 0) is 0 Å². The van der Waals surface area contributed by atoms with Crippen LogP contribution < -0.4 is 11.3 Å². The molecular weight excluding hydrogens is 278 g/mol. The molecule has 1 heterocycles. The van der Waals surface area contributed by atoms with E-state index < -0.39 is 5.91 Å². The van der Waals surface area contributed by atoms with E-state index in [9.17, 15) is 4.79 Å². The maximum atomic E-state index is 11.6. The number of nitriles is 1. The van der Waals surface area contributed by atoms with Crippen molar-refractivity contribution < 1.29 is 9.21 Å². The minimum Gasteiger partial charge on any atom is -0.438 e. The van der Waals surface area contributed by atoms with Gasteiger partial charge in [0, 0.05) is 5.39 Å².